The molecule has 2 aliphatic rings. The lowest BCUT2D eigenvalue weighted by Gasteiger charge is -2.41. The molecule has 2 rings (SSSR count). The summed E-state index contributed by atoms with van der Waals surface area (Å²) in [5.74, 6) is 0.770. The zero-order valence-electron chi connectivity index (χ0n) is 12.7. The second-order valence-electron chi connectivity index (χ2n) is 7.23. The SMILES string of the molecule is CC(C)CNCC1(CN(C)C2CC2)CCCCC1. The predicted octanol–water partition coefficient (Wildman–Crippen LogP) is 3.28. The minimum absolute atomic E-state index is 0.574. The van der Waals surface area contributed by atoms with Crippen molar-refractivity contribution in [1.29, 1.82) is 0 Å². The fourth-order valence-corrected chi connectivity index (χ4v) is 3.49. The molecular formula is C16H32N2. The molecule has 0 aromatic heterocycles. The van der Waals surface area contributed by atoms with E-state index < -0.39 is 0 Å². The number of hydrogen-bond donors (Lipinski definition) is 1. The zero-order chi connectivity index (χ0) is 13.0. The van der Waals surface area contributed by atoms with Crippen LogP contribution in [0, 0.1) is 11.3 Å². The van der Waals surface area contributed by atoms with Crippen LogP contribution in [0.3, 0.4) is 0 Å². The Morgan fingerprint density at radius 2 is 1.83 bits per heavy atom. The van der Waals surface area contributed by atoms with Crippen molar-refractivity contribution in [3.63, 3.8) is 0 Å². The van der Waals surface area contributed by atoms with Gasteiger partial charge in [0.25, 0.3) is 0 Å². The van der Waals surface area contributed by atoms with Crippen molar-refractivity contribution in [2.45, 2.75) is 64.8 Å². The van der Waals surface area contributed by atoms with Gasteiger partial charge in [0.2, 0.25) is 0 Å². The molecule has 2 aliphatic carbocycles. The van der Waals surface area contributed by atoms with Crippen LogP contribution in [0.4, 0.5) is 0 Å². The molecule has 0 atom stereocenters. The number of nitrogens with one attached hydrogen (secondary N) is 1. The first kappa shape index (κ1) is 14.3. The molecule has 0 unspecified atom stereocenters. The van der Waals surface area contributed by atoms with E-state index in [4.69, 9.17) is 0 Å². The quantitative estimate of drug-likeness (QED) is 0.748. The van der Waals surface area contributed by atoms with Crippen LogP contribution in [0.25, 0.3) is 0 Å². The van der Waals surface area contributed by atoms with Crippen molar-refractivity contribution in [3.05, 3.63) is 0 Å². The summed E-state index contributed by atoms with van der Waals surface area (Å²) in [6, 6.07) is 0.911. The number of hydrogen-bond acceptors (Lipinski definition) is 2. The molecule has 0 heterocycles. The average Bonchev–Trinajstić information content (AvgIpc) is 3.13. The third-order valence-corrected chi connectivity index (χ3v) is 4.72. The van der Waals surface area contributed by atoms with Crippen LogP contribution in [0.1, 0.15) is 58.8 Å². The first-order chi connectivity index (χ1) is 8.61. The molecule has 0 aromatic rings. The van der Waals surface area contributed by atoms with Gasteiger partial charge >= 0.3 is 0 Å². The van der Waals surface area contributed by atoms with E-state index in [1.54, 1.807) is 0 Å². The van der Waals surface area contributed by atoms with Crippen LogP contribution in [-0.2, 0) is 0 Å². The molecule has 106 valence electrons. The van der Waals surface area contributed by atoms with Crippen LogP contribution in [0.2, 0.25) is 0 Å². The van der Waals surface area contributed by atoms with Crippen LogP contribution in [0.15, 0.2) is 0 Å². The summed E-state index contributed by atoms with van der Waals surface area (Å²) in [4.78, 5) is 2.64. The molecule has 2 heteroatoms. The monoisotopic (exact) mass is 252 g/mol. The van der Waals surface area contributed by atoms with Gasteiger partial charge in [-0.15, -0.1) is 0 Å². The van der Waals surface area contributed by atoms with Gasteiger partial charge < -0.3 is 10.2 Å². The molecule has 0 amide bonds. The van der Waals surface area contributed by atoms with Gasteiger partial charge in [-0.2, -0.15) is 0 Å². The Hall–Kier alpha value is -0.0800. The molecule has 0 radical (unpaired) electrons. The maximum atomic E-state index is 3.73. The predicted molar refractivity (Wildman–Crippen MR) is 78.9 cm³/mol. The Labute approximate surface area is 114 Å². The van der Waals surface area contributed by atoms with Crippen molar-refractivity contribution >= 4 is 0 Å². The van der Waals surface area contributed by atoms with Gasteiger partial charge in [-0.05, 0) is 50.6 Å². The van der Waals surface area contributed by atoms with Crippen LogP contribution < -0.4 is 5.32 Å². The Balaban J connectivity index is 1.84. The van der Waals surface area contributed by atoms with Gasteiger partial charge in [-0.3, -0.25) is 0 Å². The third-order valence-electron chi connectivity index (χ3n) is 4.72. The minimum Gasteiger partial charge on any atom is -0.316 e. The highest BCUT2D eigenvalue weighted by molar-refractivity contribution is 4.91. The van der Waals surface area contributed by atoms with Crippen molar-refractivity contribution in [1.82, 2.24) is 10.2 Å². The van der Waals surface area contributed by atoms with Crippen molar-refractivity contribution < 1.29 is 0 Å². The first-order valence-electron chi connectivity index (χ1n) is 8.02. The van der Waals surface area contributed by atoms with Gasteiger partial charge in [-0.25, -0.2) is 0 Å². The smallest absolute Gasteiger partial charge is 0.00936 e. The molecule has 1 N–H and O–H groups in total. The molecule has 0 saturated heterocycles. The Morgan fingerprint density at radius 3 is 2.39 bits per heavy atom. The van der Waals surface area contributed by atoms with Crippen molar-refractivity contribution in [3.8, 4) is 0 Å². The van der Waals surface area contributed by atoms with E-state index in [0.717, 1.165) is 12.0 Å². The molecular weight excluding hydrogens is 220 g/mol. The standard InChI is InChI=1S/C16H32N2/c1-14(2)11-17-12-16(9-5-4-6-10-16)13-18(3)15-7-8-15/h14-15,17H,4-13H2,1-3H3. The van der Waals surface area contributed by atoms with E-state index in [9.17, 15) is 0 Å². The lowest BCUT2D eigenvalue weighted by atomic mass is 9.73. The van der Waals surface area contributed by atoms with E-state index in [-0.39, 0.29) is 0 Å². The maximum absolute atomic E-state index is 3.73. The Morgan fingerprint density at radius 1 is 1.17 bits per heavy atom. The van der Waals surface area contributed by atoms with Crippen LogP contribution in [0.5, 0.6) is 0 Å². The van der Waals surface area contributed by atoms with Gasteiger partial charge in [0.15, 0.2) is 0 Å². The topological polar surface area (TPSA) is 15.3 Å². The van der Waals surface area contributed by atoms with Gasteiger partial charge in [0.1, 0.15) is 0 Å². The highest BCUT2D eigenvalue weighted by atomic mass is 15.2. The van der Waals surface area contributed by atoms with E-state index in [1.165, 1.54) is 64.6 Å². The summed E-state index contributed by atoms with van der Waals surface area (Å²) < 4.78 is 0. The van der Waals surface area contributed by atoms with Gasteiger partial charge in [-0.1, -0.05) is 33.1 Å². The summed E-state index contributed by atoms with van der Waals surface area (Å²) in [6.07, 6.45) is 10.1. The number of rotatable bonds is 7. The van der Waals surface area contributed by atoms with Crippen molar-refractivity contribution in [2.24, 2.45) is 11.3 Å². The normalized spacial score (nSPS) is 23.8. The summed E-state index contributed by atoms with van der Waals surface area (Å²) in [7, 11) is 2.34. The lowest BCUT2D eigenvalue weighted by molar-refractivity contribution is 0.112. The van der Waals surface area contributed by atoms with Gasteiger partial charge in [0.05, 0.1) is 0 Å². The summed E-state index contributed by atoms with van der Waals surface area (Å²) >= 11 is 0. The second-order valence-corrected chi connectivity index (χ2v) is 7.23. The first-order valence-corrected chi connectivity index (χ1v) is 8.02. The van der Waals surface area contributed by atoms with E-state index in [1.807, 2.05) is 0 Å². The highest BCUT2D eigenvalue weighted by Crippen LogP contribution is 2.38. The summed E-state index contributed by atoms with van der Waals surface area (Å²) in [6.45, 7) is 8.34. The fraction of sp³-hybridized carbons (Fsp3) is 1.00. The minimum atomic E-state index is 0.574. The molecule has 0 bridgehead atoms. The van der Waals surface area contributed by atoms with E-state index >= 15 is 0 Å². The third kappa shape index (κ3) is 4.24. The van der Waals surface area contributed by atoms with Crippen LogP contribution in [-0.4, -0.2) is 37.6 Å². The lowest BCUT2D eigenvalue weighted by Crippen LogP contribution is -2.45. The maximum Gasteiger partial charge on any atom is 0.00936 e. The van der Waals surface area contributed by atoms with E-state index in [2.05, 4.69) is 31.1 Å². The molecule has 2 saturated carbocycles. The van der Waals surface area contributed by atoms with E-state index in [0.29, 0.717) is 5.41 Å². The summed E-state index contributed by atoms with van der Waals surface area (Å²) in [5.41, 5.74) is 0.574. The number of nitrogens with zero attached hydrogens (tertiary/aromatic N) is 1. The fourth-order valence-electron chi connectivity index (χ4n) is 3.49. The summed E-state index contributed by atoms with van der Waals surface area (Å²) in [5, 5.41) is 3.73. The Bertz CT molecular complexity index is 239. The van der Waals surface area contributed by atoms with Gasteiger partial charge in [0, 0.05) is 19.1 Å². The largest absolute Gasteiger partial charge is 0.316 e. The van der Waals surface area contributed by atoms with Crippen molar-refractivity contribution in [2.75, 3.05) is 26.7 Å². The Kier molecular flexibility index (Phi) is 5.08. The highest BCUT2D eigenvalue weighted by Gasteiger charge is 2.36. The molecule has 0 aliphatic heterocycles. The molecule has 0 spiro atoms. The second kappa shape index (κ2) is 6.38. The molecule has 2 fully saturated rings. The zero-order valence-corrected chi connectivity index (χ0v) is 12.7. The molecule has 18 heavy (non-hydrogen) atoms. The molecule has 0 aromatic carbocycles. The van der Waals surface area contributed by atoms with Crippen LogP contribution >= 0.6 is 0 Å². The molecule has 2 nitrogen and oxygen atoms in total. The average molecular weight is 252 g/mol.